The van der Waals surface area contributed by atoms with Crippen molar-refractivity contribution < 1.29 is 4.42 Å². The number of benzene rings is 9. The lowest BCUT2D eigenvalue weighted by Gasteiger charge is -2.45. The molecule has 11 rings (SSSR count). The van der Waals surface area contributed by atoms with Gasteiger partial charge in [-0.05, 0) is 70.6 Å². The first-order chi connectivity index (χ1) is 28.6. The van der Waals surface area contributed by atoms with Gasteiger partial charge in [0.15, 0.2) is 0 Å². The number of fused-ring (bicyclic) bond motifs is 6. The van der Waals surface area contributed by atoms with Crippen molar-refractivity contribution in [3.63, 3.8) is 0 Å². The highest BCUT2D eigenvalue weighted by Crippen LogP contribution is 2.58. The van der Waals surface area contributed by atoms with E-state index >= 15 is 0 Å². The summed E-state index contributed by atoms with van der Waals surface area (Å²) in [7, 11) is 0. The van der Waals surface area contributed by atoms with Crippen LogP contribution in [-0.2, 0) is 5.41 Å². The molecule has 0 saturated carbocycles. The van der Waals surface area contributed by atoms with E-state index < -0.39 is 0 Å². The molecule has 1 aliphatic heterocycles. The fourth-order valence-corrected chi connectivity index (χ4v) is 9.35. The second kappa shape index (κ2) is 13.4. The van der Waals surface area contributed by atoms with E-state index in [0.717, 1.165) is 61.5 Å². The van der Waals surface area contributed by atoms with Gasteiger partial charge in [-0.3, -0.25) is 0 Å². The first-order valence-electron chi connectivity index (χ1n) is 20.0. The predicted octanol–water partition coefficient (Wildman–Crippen LogP) is 15.7. The highest BCUT2D eigenvalue weighted by atomic mass is 16.3. The lowest BCUT2D eigenvalue weighted by molar-refractivity contribution is 0.632. The van der Waals surface area contributed by atoms with Gasteiger partial charge in [0, 0.05) is 49.6 Å². The Morgan fingerprint density at radius 2 is 1.07 bits per heavy atom. The van der Waals surface area contributed by atoms with Crippen LogP contribution in [0.3, 0.4) is 0 Å². The third-order valence-corrected chi connectivity index (χ3v) is 12.0. The van der Waals surface area contributed by atoms with Crippen molar-refractivity contribution >= 4 is 66.8 Å². The molecule has 0 fully saturated rings. The molecule has 1 aromatic heterocycles. The van der Waals surface area contributed by atoms with Crippen LogP contribution in [0.25, 0.3) is 55.0 Å². The summed E-state index contributed by atoms with van der Waals surface area (Å²) in [6, 6.07) is 74.4. The van der Waals surface area contributed by atoms with E-state index in [4.69, 9.17) is 4.42 Å². The van der Waals surface area contributed by atoms with Crippen molar-refractivity contribution in [3.05, 3.63) is 217 Å². The van der Waals surface area contributed by atoms with E-state index in [1.54, 1.807) is 0 Å². The molecule has 10 aromatic rings. The second-order valence-corrected chi connectivity index (χ2v) is 15.7. The van der Waals surface area contributed by atoms with E-state index in [-0.39, 0.29) is 5.41 Å². The van der Waals surface area contributed by atoms with Gasteiger partial charge in [-0.1, -0.05) is 172 Å². The molecule has 276 valence electrons. The van der Waals surface area contributed by atoms with Gasteiger partial charge in [-0.25, -0.2) is 0 Å². The molecule has 0 aliphatic carbocycles. The van der Waals surface area contributed by atoms with Crippen LogP contribution in [0, 0.1) is 0 Å². The Labute approximate surface area is 338 Å². The molecule has 58 heavy (non-hydrogen) atoms. The topological polar surface area (TPSA) is 19.6 Å². The molecule has 0 unspecified atom stereocenters. The summed E-state index contributed by atoms with van der Waals surface area (Å²) in [5.41, 5.74) is 15.3. The van der Waals surface area contributed by atoms with Crippen molar-refractivity contribution in [3.8, 4) is 22.3 Å². The first-order valence-corrected chi connectivity index (χ1v) is 20.0. The van der Waals surface area contributed by atoms with Crippen molar-refractivity contribution in [2.45, 2.75) is 19.3 Å². The first kappa shape index (κ1) is 33.9. The summed E-state index contributed by atoms with van der Waals surface area (Å²) < 4.78 is 6.72. The largest absolute Gasteiger partial charge is 0.455 e. The van der Waals surface area contributed by atoms with Crippen LogP contribution in [0.1, 0.15) is 25.0 Å². The summed E-state index contributed by atoms with van der Waals surface area (Å²) in [6.45, 7) is 4.76. The molecule has 0 N–H and O–H groups in total. The quantitative estimate of drug-likeness (QED) is 0.169. The van der Waals surface area contributed by atoms with E-state index in [0.29, 0.717) is 0 Å². The molecule has 0 atom stereocenters. The van der Waals surface area contributed by atoms with Crippen LogP contribution < -0.4 is 9.80 Å². The molecule has 3 nitrogen and oxygen atoms in total. The van der Waals surface area contributed by atoms with Gasteiger partial charge in [0.2, 0.25) is 0 Å². The van der Waals surface area contributed by atoms with Gasteiger partial charge in [-0.2, -0.15) is 0 Å². The van der Waals surface area contributed by atoms with E-state index in [2.05, 4.69) is 224 Å². The molecule has 0 amide bonds. The van der Waals surface area contributed by atoms with Crippen molar-refractivity contribution in [2.75, 3.05) is 9.80 Å². The van der Waals surface area contributed by atoms with Crippen LogP contribution in [0.15, 0.2) is 211 Å². The van der Waals surface area contributed by atoms with E-state index in [1.165, 1.54) is 38.7 Å². The highest BCUT2D eigenvalue weighted by Gasteiger charge is 2.41. The lowest BCUT2D eigenvalue weighted by atomic mass is 9.72. The Hall–Kier alpha value is -7.36. The molecule has 9 aromatic carbocycles. The van der Waals surface area contributed by atoms with Crippen LogP contribution in [0.4, 0.5) is 34.1 Å². The molecular weight excluding hydrogens is 705 g/mol. The number of rotatable bonds is 6. The van der Waals surface area contributed by atoms with E-state index in [1.807, 2.05) is 6.07 Å². The smallest absolute Gasteiger partial charge is 0.143 e. The zero-order valence-corrected chi connectivity index (χ0v) is 32.4. The minimum absolute atomic E-state index is 0.362. The molecule has 1 aliphatic rings. The molecule has 2 heterocycles. The maximum atomic E-state index is 6.72. The van der Waals surface area contributed by atoms with Gasteiger partial charge in [0.05, 0.1) is 22.7 Å². The highest BCUT2D eigenvalue weighted by molar-refractivity contribution is 6.14. The fraction of sp³-hybridized carbons (Fsp3) is 0.0545. The third-order valence-electron chi connectivity index (χ3n) is 12.0. The Morgan fingerprint density at radius 3 is 1.90 bits per heavy atom. The Morgan fingerprint density at radius 1 is 0.448 bits per heavy atom. The number of furan rings is 1. The Balaban J connectivity index is 1.19. The summed E-state index contributed by atoms with van der Waals surface area (Å²) in [4.78, 5) is 4.96. The van der Waals surface area contributed by atoms with Gasteiger partial charge in [-0.15, -0.1) is 0 Å². The minimum Gasteiger partial charge on any atom is -0.455 e. The summed E-state index contributed by atoms with van der Waals surface area (Å²) in [5.74, 6) is 0. The third kappa shape index (κ3) is 5.28. The van der Waals surface area contributed by atoms with Crippen LogP contribution in [0.2, 0.25) is 0 Å². The van der Waals surface area contributed by atoms with Gasteiger partial charge in [0.1, 0.15) is 11.2 Å². The SMILES string of the molecule is CC1(C)c2ccccc2N(c2c(-c3cccc4c3oc3ccccc34)ccc3ccccc23)c2cccc(N(c3ccccc3)c3ccc(-c4ccccc4)cc3)c21. The van der Waals surface area contributed by atoms with Crippen molar-refractivity contribution in [2.24, 2.45) is 0 Å². The Bertz CT molecular complexity index is 3140. The van der Waals surface area contributed by atoms with Crippen molar-refractivity contribution in [1.82, 2.24) is 0 Å². The molecule has 0 radical (unpaired) electrons. The van der Waals surface area contributed by atoms with Crippen LogP contribution in [-0.4, -0.2) is 0 Å². The zero-order valence-electron chi connectivity index (χ0n) is 32.4. The second-order valence-electron chi connectivity index (χ2n) is 15.7. The minimum atomic E-state index is -0.362. The fourth-order valence-electron chi connectivity index (χ4n) is 9.35. The monoisotopic (exact) mass is 744 g/mol. The molecule has 0 bridgehead atoms. The predicted molar refractivity (Wildman–Crippen MR) is 244 cm³/mol. The number of hydrogen-bond acceptors (Lipinski definition) is 3. The van der Waals surface area contributed by atoms with Gasteiger partial charge in [0.25, 0.3) is 0 Å². The molecule has 0 spiro atoms. The summed E-state index contributed by atoms with van der Waals surface area (Å²) in [6.07, 6.45) is 0. The maximum absolute atomic E-state index is 6.72. The maximum Gasteiger partial charge on any atom is 0.143 e. The summed E-state index contributed by atoms with van der Waals surface area (Å²) >= 11 is 0. The standard InChI is InChI=1S/C55H40N2O/c1-55(2)47-26-12-13-27-48(47)57(53-42-22-10-9-19-39(42)33-36-44(53)46-25-15-24-45-43-23-11-14-30-51(43)58-54(45)46)50-29-16-28-49(52(50)55)56(40-20-7-4-8-21-40)41-34-31-38(32-35-41)37-17-5-3-6-18-37/h3-36H,1-2H3. The number of nitrogens with zero attached hydrogens (tertiary/aromatic N) is 2. The normalized spacial score (nSPS) is 13.1. The van der Waals surface area contributed by atoms with Crippen LogP contribution >= 0.6 is 0 Å². The summed E-state index contributed by atoms with van der Waals surface area (Å²) in [5, 5.41) is 4.60. The molecular formula is C55H40N2O. The van der Waals surface area contributed by atoms with Gasteiger partial charge >= 0.3 is 0 Å². The van der Waals surface area contributed by atoms with Gasteiger partial charge < -0.3 is 14.2 Å². The number of anilines is 6. The lowest BCUT2D eigenvalue weighted by Crippen LogP contribution is -2.32. The number of para-hydroxylation sites is 4. The average molecular weight is 745 g/mol. The van der Waals surface area contributed by atoms with Crippen LogP contribution in [0.5, 0.6) is 0 Å². The average Bonchev–Trinajstić information content (AvgIpc) is 3.67. The van der Waals surface area contributed by atoms with Crippen molar-refractivity contribution in [1.29, 1.82) is 0 Å². The molecule has 0 saturated heterocycles. The molecule has 3 heteroatoms. The zero-order chi connectivity index (χ0) is 38.8. The Kier molecular flexibility index (Phi) is 7.84. The van der Waals surface area contributed by atoms with E-state index in [9.17, 15) is 0 Å². The number of hydrogen-bond donors (Lipinski definition) is 0.